The second-order valence-corrected chi connectivity index (χ2v) is 4.58. The van der Waals surface area contributed by atoms with E-state index in [2.05, 4.69) is 17.2 Å². The van der Waals surface area contributed by atoms with Crippen LogP contribution in [0.25, 0.3) is 0 Å². The van der Waals surface area contributed by atoms with E-state index in [1.807, 2.05) is 18.5 Å². The normalized spacial score (nSPS) is 11.1. The number of aromatic nitrogens is 3. The van der Waals surface area contributed by atoms with Crippen molar-refractivity contribution in [1.29, 1.82) is 0 Å². The van der Waals surface area contributed by atoms with Crippen molar-refractivity contribution >= 4 is 5.97 Å². The molecule has 0 aromatic carbocycles. The van der Waals surface area contributed by atoms with Crippen LogP contribution in [0.4, 0.5) is 0 Å². The SMILES string of the molecule is CCCCCn1nnc(CC(=O)O)c1C(C)C. The van der Waals surface area contributed by atoms with Crippen LogP contribution in [0.1, 0.15) is 57.3 Å². The standard InChI is InChI=1S/C12H21N3O2/c1-4-5-6-7-15-12(9(2)3)10(13-14-15)8-11(16)17/h9H,4-8H2,1-3H3,(H,16,17). The molecule has 5 heteroatoms. The minimum atomic E-state index is -0.854. The molecule has 1 N–H and O–H groups in total. The lowest BCUT2D eigenvalue weighted by atomic mass is 10.1. The van der Waals surface area contributed by atoms with Gasteiger partial charge in [-0.1, -0.05) is 38.8 Å². The Morgan fingerprint density at radius 2 is 2.12 bits per heavy atom. The molecular formula is C12H21N3O2. The zero-order valence-electron chi connectivity index (χ0n) is 10.8. The summed E-state index contributed by atoms with van der Waals surface area (Å²) in [5.41, 5.74) is 1.56. The van der Waals surface area contributed by atoms with Gasteiger partial charge >= 0.3 is 5.97 Å². The van der Waals surface area contributed by atoms with Crippen LogP contribution in [0.5, 0.6) is 0 Å². The molecule has 0 aliphatic rings. The predicted octanol–water partition coefficient (Wildman–Crippen LogP) is 2.22. The van der Waals surface area contributed by atoms with Gasteiger partial charge in [-0.25, -0.2) is 4.68 Å². The van der Waals surface area contributed by atoms with Gasteiger partial charge in [-0.3, -0.25) is 4.79 Å². The van der Waals surface area contributed by atoms with E-state index in [0.29, 0.717) is 5.69 Å². The molecule has 0 fully saturated rings. The molecular weight excluding hydrogens is 218 g/mol. The van der Waals surface area contributed by atoms with Crippen LogP contribution >= 0.6 is 0 Å². The molecule has 0 aliphatic heterocycles. The molecule has 96 valence electrons. The van der Waals surface area contributed by atoms with Crippen LogP contribution in [-0.4, -0.2) is 26.1 Å². The molecule has 0 amide bonds. The summed E-state index contributed by atoms with van der Waals surface area (Å²) in [6.45, 7) is 7.06. The quantitative estimate of drug-likeness (QED) is 0.741. The van der Waals surface area contributed by atoms with Gasteiger partial charge in [0, 0.05) is 6.54 Å². The van der Waals surface area contributed by atoms with Crippen molar-refractivity contribution in [2.24, 2.45) is 0 Å². The first-order valence-corrected chi connectivity index (χ1v) is 6.20. The Balaban J connectivity index is 2.82. The lowest BCUT2D eigenvalue weighted by Crippen LogP contribution is -2.10. The van der Waals surface area contributed by atoms with Crippen molar-refractivity contribution in [1.82, 2.24) is 15.0 Å². The van der Waals surface area contributed by atoms with E-state index in [9.17, 15) is 4.79 Å². The molecule has 1 rings (SSSR count). The van der Waals surface area contributed by atoms with Crippen LogP contribution in [0.2, 0.25) is 0 Å². The van der Waals surface area contributed by atoms with E-state index in [4.69, 9.17) is 5.11 Å². The van der Waals surface area contributed by atoms with E-state index >= 15 is 0 Å². The number of aryl methyl sites for hydroxylation is 1. The third kappa shape index (κ3) is 3.84. The summed E-state index contributed by atoms with van der Waals surface area (Å²) in [6, 6.07) is 0. The highest BCUT2D eigenvalue weighted by molar-refractivity contribution is 5.69. The number of unbranched alkanes of at least 4 members (excludes halogenated alkanes) is 2. The molecule has 1 aromatic rings. The third-order valence-corrected chi connectivity index (χ3v) is 2.69. The van der Waals surface area contributed by atoms with Gasteiger partial charge in [0.15, 0.2) is 0 Å². The molecule has 1 aromatic heterocycles. The van der Waals surface area contributed by atoms with Crippen molar-refractivity contribution in [3.63, 3.8) is 0 Å². The molecule has 0 radical (unpaired) electrons. The Bertz CT molecular complexity index is 372. The highest BCUT2D eigenvalue weighted by Crippen LogP contribution is 2.18. The van der Waals surface area contributed by atoms with Crippen LogP contribution in [0, 0.1) is 0 Å². The summed E-state index contributed by atoms with van der Waals surface area (Å²) in [5.74, 6) is -0.603. The van der Waals surface area contributed by atoms with E-state index in [1.165, 1.54) is 0 Å². The summed E-state index contributed by atoms with van der Waals surface area (Å²) < 4.78 is 1.86. The van der Waals surface area contributed by atoms with E-state index in [0.717, 1.165) is 31.5 Å². The maximum Gasteiger partial charge on any atom is 0.309 e. The number of carboxylic acids is 1. The number of rotatable bonds is 7. The zero-order valence-corrected chi connectivity index (χ0v) is 10.8. The Kier molecular flexibility index (Phi) is 5.12. The van der Waals surface area contributed by atoms with Gasteiger partial charge in [-0.05, 0) is 12.3 Å². The monoisotopic (exact) mass is 239 g/mol. The van der Waals surface area contributed by atoms with Crippen LogP contribution in [-0.2, 0) is 17.8 Å². The predicted molar refractivity (Wildman–Crippen MR) is 65.0 cm³/mol. The minimum Gasteiger partial charge on any atom is -0.481 e. The zero-order chi connectivity index (χ0) is 12.8. The lowest BCUT2D eigenvalue weighted by Gasteiger charge is -2.10. The number of nitrogens with zero attached hydrogens (tertiary/aromatic N) is 3. The van der Waals surface area contributed by atoms with Gasteiger partial charge in [0.05, 0.1) is 17.8 Å². The minimum absolute atomic E-state index is 0.0404. The summed E-state index contributed by atoms with van der Waals surface area (Å²) in [6.07, 6.45) is 3.34. The molecule has 0 unspecified atom stereocenters. The van der Waals surface area contributed by atoms with Crippen molar-refractivity contribution in [2.45, 2.75) is 58.9 Å². The largest absolute Gasteiger partial charge is 0.481 e. The molecule has 17 heavy (non-hydrogen) atoms. The first-order chi connectivity index (χ1) is 8.06. The number of carboxylic acid groups (broad SMARTS) is 1. The molecule has 0 saturated carbocycles. The smallest absolute Gasteiger partial charge is 0.309 e. The van der Waals surface area contributed by atoms with Gasteiger partial charge in [0.2, 0.25) is 0 Å². The fraction of sp³-hybridized carbons (Fsp3) is 0.750. The Morgan fingerprint density at radius 1 is 1.41 bits per heavy atom. The van der Waals surface area contributed by atoms with Crippen molar-refractivity contribution in [3.05, 3.63) is 11.4 Å². The third-order valence-electron chi connectivity index (χ3n) is 2.69. The van der Waals surface area contributed by atoms with Gasteiger partial charge in [-0.2, -0.15) is 0 Å². The van der Waals surface area contributed by atoms with Crippen molar-refractivity contribution in [2.75, 3.05) is 0 Å². The van der Waals surface area contributed by atoms with Crippen molar-refractivity contribution < 1.29 is 9.90 Å². The molecule has 0 bridgehead atoms. The first-order valence-electron chi connectivity index (χ1n) is 6.20. The van der Waals surface area contributed by atoms with Gasteiger partial charge < -0.3 is 5.11 Å². The molecule has 0 saturated heterocycles. The highest BCUT2D eigenvalue weighted by atomic mass is 16.4. The molecule has 5 nitrogen and oxygen atoms in total. The number of hydrogen-bond donors (Lipinski definition) is 1. The maximum absolute atomic E-state index is 10.7. The van der Waals surface area contributed by atoms with Gasteiger partial charge in [0.1, 0.15) is 0 Å². The van der Waals surface area contributed by atoms with E-state index in [-0.39, 0.29) is 12.3 Å². The number of aliphatic carboxylic acids is 1. The fourth-order valence-electron chi connectivity index (χ4n) is 1.93. The fourth-order valence-corrected chi connectivity index (χ4v) is 1.93. The summed E-state index contributed by atoms with van der Waals surface area (Å²) in [4.78, 5) is 10.7. The Morgan fingerprint density at radius 3 is 2.65 bits per heavy atom. The van der Waals surface area contributed by atoms with Gasteiger partial charge in [-0.15, -0.1) is 5.10 Å². The lowest BCUT2D eigenvalue weighted by molar-refractivity contribution is -0.136. The van der Waals surface area contributed by atoms with Gasteiger partial charge in [0.25, 0.3) is 0 Å². The second-order valence-electron chi connectivity index (χ2n) is 4.58. The van der Waals surface area contributed by atoms with Crippen LogP contribution in [0.3, 0.4) is 0 Å². The highest BCUT2D eigenvalue weighted by Gasteiger charge is 2.17. The maximum atomic E-state index is 10.7. The molecule has 0 spiro atoms. The Hall–Kier alpha value is -1.39. The van der Waals surface area contributed by atoms with Crippen LogP contribution in [0.15, 0.2) is 0 Å². The average molecular weight is 239 g/mol. The number of hydrogen-bond acceptors (Lipinski definition) is 3. The topological polar surface area (TPSA) is 68.0 Å². The first kappa shape index (κ1) is 13.7. The second kappa shape index (κ2) is 6.37. The molecule has 0 atom stereocenters. The summed E-state index contributed by atoms with van der Waals surface area (Å²) >= 11 is 0. The van der Waals surface area contributed by atoms with Crippen LogP contribution < -0.4 is 0 Å². The van der Waals surface area contributed by atoms with Crippen molar-refractivity contribution in [3.8, 4) is 0 Å². The summed E-state index contributed by atoms with van der Waals surface area (Å²) in [7, 11) is 0. The number of carbonyl (C=O) groups is 1. The molecule has 0 aliphatic carbocycles. The van der Waals surface area contributed by atoms with E-state index in [1.54, 1.807) is 0 Å². The average Bonchev–Trinajstić information content (AvgIpc) is 2.60. The molecule has 1 heterocycles. The Labute approximate surface area is 102 Å². The summed E-state index contributed by atoms with van der Waals surface area (Å²) in [5, 5.41) is 16.9. The van der Waals surface area contributed by atoms with E-state index < -0.39 is 5.97 Å².